The van der Waals surface area contributed by atoms with Gasteiger partial charge in [-0.15, -0.1) is 0 Å². The molecule has 17 heavy (non-hydrogen) atoms. The molecule has 0 radical (unpaired) electrons. The molecule has 0 bridgehead atoms. The summed E-state index contributed by atoms with van der Waals surface area (Å²) in [5, 5.41) is 8.12. The molecule has 5 heteroatoms. The Morgan fingerprint density at radius 3 is 2.76 bits per heavy atom. The van der Waals surface area contributed by atoms with Gasteiger partial charge in [0.25, 0.3) is 0 Å². The van der Waals surface area contributed by atoms with Crippen LogP contribution in [-0.4, -0.2) is 14.8 Å². The Morgan fingerprint density at radius 1 is 1.41 bits per heavy atom. The number of aromatic nitrogens is 3. The first-order valence-corrected chi connectivity index (χ1v) is 5.83. The highest BCUT2D eigenvalue weighted by Crippen LogP contribution is 2.20. The number of pyridine rings is 1. The van der Waals surface area contributed by atoms with Crippen molar-refractivity contribution in [2.45, 2.75) is 19.9 Å². The van der Waals surface area contributed by atoms with E-state index < -0.39 is 0 Å². The van der Waals surface area contributed by atoms with Crippen molar-refractivity contribution in [1.29, 1.82) is 0 Å². The number of hydrogen-bond donors (Lipinski definition) is 1. The highest BCUT2D eigenvalue weighted by Gasteiger charge is 2.11. The Hall–Kier alpha value is -1.55. The van der Waals surface area contributed by atoms with E-state index in [-0.39, 0.29) is 6.04 Å². The van der Waals surface area contributed by atoms with Crippen molar-refractivity contribution in [3.8, 4) is 0 Å². The van der Waals surface area contributed by atoms with E-state index in [2.05, 4.69) is 22.3 Å². The molecule has 2 rings (SSSR count). The third kappa shape index (κ3) is 2.77. The van der Waals surface area contributed by atoms with E-state index in [0.717, 1.165) is 17.1 Å². The summed E-state index contributed by atoms with van der Waals surface area (Å²) in [5.41, 5.74) is 2.18. The number of rotatable bonds is 3. The van der Waals surface area contributed by atoms with Crippen LogP contribution >= 0.6 is 11.6 Å². The number of nitrogens with zero attached hydrogens (tertiary/aromatic N) is 3. The third-order valence-corrected chi connectivity index (χ3v) is 2.81. The monoisotopic (exact) mass is 250 g/mol. The summed E-state index contributed by atoms with van der Waals surface area (Å²) in [7, 11) is 1.92. The molecule has 2 heterocycles. The van der Waals surface area contributed by atoms with E-state index >= 15 is 0 Å². The molecule has 1 N–H and O–H groups in total. The molecule has 1 atom stereocenters. The van der Waals surface area contributed by atoms with Crippen LogP contribution in [0.15, 0.2) is 24.4 Å². The minimum absolute atomic E-state index is 0.148. The van der Waals surface area contributed by atoms with Crippen molar-refractivity contribution in [3.05, 3.63) is 40.8 Å². The van der Waals surface area contributed by atoms with Crippen molar-refractivity contribution in [3.63, 3.8) is 0 Å². The predicted molar refractivity (Wildman–Crippen MR) is 69.2 cm³/mol. The fraction of sp³-hybridized carbons (Fsp3) is 0.333. The van der Waals surface area contributed by atoms with E-state index in [0.29, 0.717) is 5.15 Å². The van der Waals surface area contributed by atoms with E-state index in [1.807, 2.05) is 37.0 Å². The molecule has 0 saturated heterocycles. The molecular weight excluding hydrogens is 236 g/mol. The van der Waals surface area contributed by atoms with Gasteiger partial charge in [0, 0.05) is 18.8 Å². The largest absolute Gasteiger partial charge is 0.363 e. The number of nitrogens with one attached hydrogen (secondary N) is 1. The molecule has 0 saturated carbocycles. The van der Waals surface area contributed by atoms with Crippen molar-refractivity contribution in [2.75, 3.05) is 5.32 Å². The first-order chi connectivity index (χ1) is 8.06. The summed E-state index contributed by atoms with van der Waals surface area (Å²) >= 11 is 5.84. The van der Waals surface area contributed by atoms with Gasteiger partial charge in [-0.05, 0) is 26.0 Å². The van der Waals surface area contributed by atoms with E-state index in [1.54, 1.807) is 6.07 Å². The zero-order valence-electron chi connectivity index (χ0n) is 10.1. The number of anilines is 1. The molecule has 0 amide bonds. The second kappa shape index (κ2) is 4.75. The van der Waals surface area contributed by atoms with Crippen molar-refractivity contribution in [2.24, 2.45) is 7.05 Å². The molecule has 4 nitrogen and oxygen atoms in total. The first kappa shape index (κ1) is 11.9. The first-order valence-electron chi connectivity index (χ1n) is 5.45. The zero-order chi connectivity index (χ0) is 12.4. The van der Waals surface area contributed by atoms with Gasteiger partial charge in [-0.25, -0.2) is 4.98 Å². The quantitative estimate of drug-likeness (QED) is 0.852. The highest BCUT2D eigenvalue weighted by atomic mass is 35.5. The Labute approximate surface area is 106 Å². The zero-order valence-corrected chi connectivity index (χ0v) is 10.9. The minimum Gasteiger partial charge on any atom is -0.363 e. The van der Waals surface area contributed by atoms with Gasteiger partial charge >= 0.3 is 0 Å². The van der Waals surface area contributed by atoms with Gasteiger partial charge in [0.05, 0.1) is 11.7 Å². The molecular formula is C12H15ClN4. The average molecular weight is 251 g/mol. The fourth-order valence-electron chi connectivity index (χ4n) is 1.83. The smallest absolute Gasteiger partial charge is 0.131 e. The summed E-state index contributed by atoms with van der Waals surface area (Å²) in [6, 6.07) is 5.68. The molecule has 0 aliphatic carbocycles. The third-order valence-electron chi connectivity index (χ3n) is 2.60. The molecule has 0 aliphatic rings. The van der Waals surface area contributed by atoms with Gasteiger partial charge in [0.15, 0.2) is 0 Å². The van der Waals surface area contributed by atoms with Crippen LogP contribution in [-0.2, 0) is 7.05 Å². The lowest BCUT2D eigenvalue weighted by molar-refractivity contribution is 0.756. The van der Waals surface area contributed by atoms with Crippen LogP contribution in [0.2, 0.25) is 5.15 Å². The fourth-order valence-corrected chi connectivity index (χ4v) is 2.00. The predicted octanol–water partition coefficient (Wildman–Crippen LogP) is 2.95. The Kier molecular flexibility index (Phi) is 3.33. The van der Waals surface area contributed by atoms with Crippen molar-refractivity contribution < 1.29 is 0 Å². The van der Waals surface area contributed by atoms with Crippen LogP contribution in [0.4, 0.5) is 5.82 Å². The van der Waals surface area contributed by atoms with Crippen molar-refractivity contribution >= 4 is 17.4 Å². The summed E-state index contributed by atoms with van der Waals surface area (Å²) in [5.74, 6) is 0.772. The van der Waals surface area contributed by atoms with Gasteiger partial charge in [0.2, 0.25) is 0 Å². The lowest BCUT2D eigenvalue weighted by atomic mass is 10.1. The van der Waals surface area contributed by atoms with Crippen LogP contribution in [0, 0.1) is 6.92 Å². The Morgan fingerprint density at radius 2 is 2.18 bits per heavy atom. The SMILES string of the molecule is Cc1nn(C)cc1C(C)Nc1cccc(Cl)n1. The van der Waals surface area contributed by atoms with Crippen LogP contribution in [0.1, 0.15) is 24.2 Å². The standard InChI is InChI=1S/C12H15ClN4/c1-8(10-7-17(3)16-9(10)2)14-12-6-4-5-11(13)15-12/h4-8H,1-3H3,(H,14,15). The van der Waals surface area contributed by atoms with Crippen LogP contribution in [0.5, 0.6) is 0 Å². The number of halogens is 1. The molecule has 0 fully saturated rings. The van der Waals surface area contributed by atoms with Gasteiger partial charge in [0.1, 0.15) is 11.0 Å². The number of aryl methyl sites for hydroxylation is 2. The molecule has 90 valence electrons. The highest BCUT2D eigenvalue weighted by molar-refractivity contribution is 6.29. The molecule has 0 spiro atoms. The summed E-state index contributed by atoms with van der Waals surface area (Å²) in [4.78, 5) is 4.20. The van der Waals surface area contributed by atoms with Gasteiger partial charge in [-0.3, -0.25) is 4.68 Å². The average Bonchev–Trinajstić information content (AvgIpc) is 2.58. The Bertz CT molecular complexity index is 521. The topological polar surface area (TPSA) is 42.7 Å². The Balaban J connectivity index is 2.16. The second-order valence-corrected chi connectivity index (χ2v) is 4.44. The van der Waals surface area contributed by atoms with Crippen LogP contribution in [0.3, 0.4) is 0 Å². The summed E-state index contributed by atoms with van der Waals surface area (Å²) in [6.45, 7) is 4.07. The molecule has 0 aliphatic heterocycles. The summed E-state index contributed by atoms with van der Waals surface area (Å²) in [6.07, 6.45) is 2.01. The second-order valence-electron chi connectivity index (χ2n) is 4.06. The van der Waals surface area contributed by atoms with Gasteiger partial charge in [-0.1, -0.05) is 17.7 Å². The van der Waals surface area contributed by atoms with Crippen LogP contribution < -0.4 is 5.32 Å². The lowest BCUT2D eigenvalue weighted by Crippen LogP contribution is -2.08. The van der Waals surface area contributed by atoms with E-state index in [4.69, 9.17) is 11.6 Å². The summed E-state index contributed by atoms with van der Waals surface area (Å²) < 4.78 is 1.81. The number of hydrogen-bond acceptors (Lipinski definition) is 3. The van der Waals surface area contributed by atoms with Crippen LogP contribution in [0.25, 0.3) is 0 Å². The maximum absolute atomic E-state index is 5.84. The maximum Gasteiger partial charge on any atom is 0.131 e. The van der Waals surface area contributed by atoms with E-state index in [1.165, 1.54) is 0 Å². The normalized spacial score (nSPS) is 12.5. The molecule has 2 aromatic rings. The van der Waals surface area contributed by atoms with Crippen molar-refractivity contribution in [1.82, 2.24) is 14.8 Å². The molecule has 2 aromatic heterocycles. The van der Waals surface area contributed by atoms with Gasteiger partial charge < -0.3 is 5.32 Å². The maximum atomic E-state index is 5.84. The molecule has 1 unspecified atom stereocenters. The molecule has 0 aromatic carbocycles. The van der Waals surface area contributed by atoms with E-state index in [9.17, 15) is 0 Å². The minimum atomic E-state index is 0.148. The lowest BCUT2D eigenvalue weighted by Gasteiger charge is -2.13. The van der Waals surface area contributed by atoms with Gasteiger partial charge in [-0.2, -0.15) is 5.10 Å².